The Morgan fingerprint density at radius 2 is 1.79 bits per heavy atom. The van der Waals surface area contributed by atoms with Gasteiger partial charge in [0.05, 0.1) is 11.3 Å². The van der Waals surface area contributed by atoms with Gasteiger partial charge in [-0.05, 0) is 67.1 Å². The number of carbonyl (C=O) groups is 2. The van der Waals surface area contributed by atoms with Crippen molar-refractivity contribution in [1.29, 1.82) is 0 Å². The smallest absolute Gasteiger partial charge is 0.251 e. The quantitative estimate of drug-likeness (QED) is 0.171. The molecule has 3 N–H and O–H groups in total. The van der Waals surface area contributed by atoms with Gasteiger partial charge in [0.2, 0.25) is 15.9 Å². The third kappa shape index (κ3) is 8.99. The highest BCUT2D eigenvalue weighted by Crippen LogP contribution is 2.23. The number of fused-ring (bicyclic) bond motifs is 1. The largest absolute Gasteiger partial charge is 0.350 e. The molecule has 8 nitrogen and oxygen atoms in total. The molecule has 3 aromatic rings. The molecule has 0 radical (unpaired) electrons. The van der Waals surface area contributed by atoms with Crippen LogP contribution in [-0.4, -0.2) is 68.6 Å². The lowest BCUT2D eigenvalue weighted by atomic mass is 9.95. The van der Waals surface area contributed by atoms with Gasteiger partial charge in [0.1, 0.15) is 0 Å². The fourth-order valence-corrected chi connectivity index (χ4v) is 6.65. The minimum Gasteiger partial charge on any atom is -0.350 e. The Bertz CT molecular complexity index is 1500. The Labute approximate surface area is 269 Å². The molecule has 10 heteroatoms. The Hall–Kier alpha value is -2.54. The van der Waals surface area contributed by atoms with E-state index in [1.54, 1.807) is 13.8 Å². The first kappa shape index (κ1) is 33.4. The molecule has 2 amide bonds. The van der Waals surface area contributed by atoms with Gasteiger partial charge in [-0.1, -0.05) is 84.1 Å². The van der Waals surface area contributed by atoms with Crippen molar-refractivity contribution in [3.8, 4) is 0 Å². The molecule has 0 saturated carbocycles. The van der Waals surface area contributed by atoms with Crippen molar-refractivity contribution in [1.82, 2.24) is 20.3 Å². The first-order valence-electron chi connectivity index (χ1n) is 15.1. The second-order valence-electron chi connectivity index (χ2n) is 11.5. The molecule has 1 aliphatic rings. The van der Waals surface area contributed by atoms with Crippen LogP contribution in [0.4, 0.5) is 0 Å². The fourth-order valence-electron chi connectivity index (χ4n) is 5.44. The molecule has 1 saturated heterocycles. The molecule has 0 unspecified atom stereocenters. The van der Waals surface area contributed by atoms with Gasteiger partial charge in [-0.2, -0.15) is 0 Å². The molecule has 3 atom stereocenters. The highest BCUT2D eigenvalue weighted by atomic mass is 127. The number of alkyl halides is 1. The van der Waals surface area contributed by atoms with E-state index in [0.717, 1.165) is 21.6 Å². The number of amides is 2. The van der Waals surface area contributed by atoms with Gasteiger partial charge in [-0.25, -0.2) is 13.1 Å². The van der Waals surface area contributed by atoms with Gasteiger partial charge in [0.15, 0.2) is 0 Å². The standard InChI is InChI=1S/C33H43IN4O4S/c1-4-25(26-8-6-5-7-9-26)22-38-17-15-30(37-31(33(38)40)14-16-36-43(41,42)23(2)3)21-35-32(39)29-13-12-27-18-24(20-34)10-11-28(27)19-29/h5-13,18-19,23,25,30-31,36-37H,4,14-17,20-22H2,1-3H3,(H,35,39)/t25-,30+,31+/m1/s1. The number of hydrogen-bond donors (Lipinski definition) is 3. The molecular formula is C33H43IN4O4S. The predicted octanol–water partition coefficient (Wildman–Crippen LogP) is 4.98. The van der Waals surface area contributed by atoms with Crippen molar-refractivity contribution in [3.05, 3.63) is 83.4 Å². The first-order chi connectivity index (χ1) is 20.6. The zero-order valence-corrected chi connectivity index (χ0v) is 28.2. The molecule has 43 heavy (non-hydrogen) atoms. The summed E-state index contributed by atoms with van der Waals surface area (Å²) < 4.78 is 28.3. The molecule has 1 aliphatic heterocycles. The summed E-state index contributed by atoms with van der Waals surface area (Å²) in [5.74, 6) is 0.000164. The average molecular weight is 719 g/mol. The van der Waals surface area contributed by atoms with E-state index >= 15 is 0 Å². The molecule has 3 aromatic carbocycles. The molecule has 0 bridgehead atoms. The van der Waals surface area contributed by atoms with Crippen LogP contribution in [0.15, 0.2) is 66.7 Å². The summed E-state index contributed by atoms with van der Waals surface area (Å²) >= 11 is 2.34. The zero-order chi connectivity index (χ0) is 31.0. The van der Waals surface area contributed by atoms with Gasteiger partial charge in [-0.3, -0.25) is 9.59 Å². The number of nitrogens with one attached hydrogen (secondary N) is 3. The van der Waals surface area contributed by atoms with E-state index in [0.29, 0.717) is 38.0 Å². The van der Waals surface area contributed by atoms with Crippen LogP contribution in [0.1, 0.15) is 67.4 Å². The lowest BCUT2D eigenvalue weighted by Crippen LogP contribution is -2.50. The Morgan fingerprint density at radius 3 is 2.49 bits per heavy atom. The monoisotopic (exact) mass is 718 g/mol. The number of benzene rings is 3. The SMILES string of the molecule is CC[C@H](CN1CC[C@@H](CNC(=O)c2ccc3cc(CI)ccc3c2)N[C@@H](CCNS(=O)(=O)C(C)C)C1=O)c1ccccc1. The molecule has 232 valence electrons. The van der Waals surface area contributed by atoms with Crippen LogP contribution in [-0.2, 0) is 19.2 Å². The summed E-state index contributed by atoms with van der Waals surface area (Å²) in [4.78, 5) is 28.8. The van der Waals surface area contributed by atoms with Crippen LogP contribution >= 0.6 is 22.6 Å². The van der Waals surface area contributed by atoms with Crippen LogP contribution in [0, 0.1) is 0 Å². The maximum Gasteiger partial charge on any atom is 0.251 e. The zero-order valence-electron chi connectivity index (χ0n) is 25.2. The van der Waals surface area contributed by atoms with E-state index in [4.69, 9.17) is 0 Å². The number of hydrogen-bond acceptors (Lipinski definition) is 5. The number of nitrogens with zero attached hydrogens (tertiary/aromatic N) is 1. The minimum absolute atomic E-state index is 0.0349. The fraction of sp³-hybridized carbons (Fsp3) is 0.455. The highest BCUT2D eigenvalue weighted by Gasteiger charge is 2.32. The highest BCUT2D eigenvalue weighted by molar-refractivity contribution is 14.1. The maximum absolute atomic E-state index is 13.8. The van der Waals surface area contributed by atoms with Gasteiger partial charge in [0, 0.05) is 48.1 Å². The van der Waals surface area contributed by atoms with E-state index in [-0.39, 0.29) is 30.3 Å². The average Bonchev–Trinajstić information content (AvgIpc) is 3.16. The number of sulfonamides is 1. The van der Waals surface area contributed by atoms with Crippen LogP contribution in [0.2, 0.25) is 0 Å². The summed E-state index contributed by atoms with van der Waals surface area (Å²) in [6.45, 7) is 7.04. The van der Waals surface area contributed by atoms with E-state index in [2.05, 4.69) is 69.1 Å². The number of carbonyl (C=O) groups excluding carboxylic acids is 2. The molecule has 0 aromatic heterocycles. The van der Waals surface area contributed by atoms with Crippen LogP contribution in [0.5, 0.6) is 0 Å². The van der Waals surface area contributed by atoms with Crippen molar-refractivity contribution in [2.75, 3.05) is 26.2 Å². The number of rotatable bonds is 13. The Kier molecular flexibility index (Phi) is 12.0. The van der Waals surface area contributed by atoms with Gasteiger partial charge < -0.3 is 15.5 Å². The minimum atomic E-state index is -3.44. The summed E-state index contributed by atoms with van der Waals surface area (Å²) in [5.41, 5.74) is 3.03. The second-order valence-corrected chi connectivity index (χ2v) is 14.6. The van der Waals surface area contributed by atoms with Crippen molar-refractivity contribution >= 4 is 55.2 Å². The summed E-state index contributed by atoms with van der Waals surface area (Å²) in [7, 11) is -3.44. The summed E-state index contributed by atoms with van der Waals surface area (Å²) in [6.07, 6.45) is 1.88. The number of halogens is 1. The van der Waals surface area contributed by atoms with Gasteiger partial charge >= 0.3 is 0 Å². The Balaban J connectivity index is 1.45. The van der Waals surface area contributed by atoms with Crippen molar-refractivity contribution in [3.63, 3.8) is 0 Å². The topological polar surface area (TPSA) is 108 Å². The second kappa shape index (κ2) is 15.5. The van der Waals surface area contributed by atoms with E-state index in [1.807, 2.05) is 47.4 Å². The predicted molar refractivity (Wildman–Crippen MR) is 182 cm³/mol. The molecule has 0 aliphatic carbocycles. The van der Waals surface area contributed by atoms with Gasteiger partial charge in [0.25, 0.3) is 5.91 Å². The maximum atomic E-state index is 13.8. The first-order valence-corrected chi connectivity index (χ1v) is 18.1. The van der Waals surface area contributed by atoms with Crippen LogP contribution in [0.25, 0.3) is 10.8 Å². The van der Waals surface area contributed by atoms with Crippen molar-refractivity contribution in [2.24, 2.45) is 0 Å². The van der Waals surface area contributed by atoms with E-state index < -0.39 is 21.3 Å². The van der Waals surface area contributed by atoms with Crippen molar-refractivity contribution in [2.45, 2.75) is 67.7 Å². The normalized spacial score (nSPS) is 18.5. The Morgan fingerprint density at radius 1 is 1.07 bits per heavy atom. The van der Waals surface area contributed by atoms with E-state index in [9.17, 15) is 18.0 Å². The summed E-state index contributed by atoms with van der Waals surface area (Å²) in [6, 6.07) is 21.5. The van der Waals surface area contributed by atoms with Gasteiger partial charge in [-0.15, -0.1) is 0 Å². The molecule has 1 heterocycles. The molecular weight excluding hydrogens is 675 g/mol. The summed E-state index contributed by atoms with van der Waals surface area (Å²) in [5, 5.41) is 8.08. The lowest BCUT2D eigenvalue weighted by molar-refractivity contribution is -0.133. The lowest BCUT2D eigenvalue weighted by Gasteiger charge is -2.28. The molecule has 4 rings (SSSR count). The van der Waals surface area contributed by atoms with Crippen LogP contribution in [0.3, 0.4) is 0 Å². The van der Waals surface area contributed by atoms with Crippen LogP contribution < -0.4 is 15.4 Å². The molecule has 0 spiro atoms. The van der Waals surface area contributed by atoms with E-state index in [1.165, 1.54) is 11.1 Å². The third-order valence-corrected chi connectivity index (χ3v) is 10.9. The van der Waals surface area contributed by atoms with Crippen molar-refractivity contribution < 1.29 is 18.0 Å². The molecule has 1 fully saturated rings. The third-order valence-electron chi connectivity index (χ3n) is 8.19.